The van der Waals surface area contributed by atoms with Crippen LogP contribution < -0.4 is 11.2 Å². The molecule has 5 nitrogen and oxygen atoms in total. The van der Waals surface area contributed by atoms with Crippen molar-refractivity contribution >= 4 is 16.7 Å². The Bertz CT molecular complexity index is 725. The fourth-order valence-electron chi connectivity index (χ4n) is 1.80. The molecule has 2 rings (SSSR count). The SMILES string of the molecule is CCC(=O)Cn1c(=O)[nH]c2ccc(C)cc2c1=O. The van der Waals surface area contributed by atoms with Gasteiger partial charge in [-0.25, -0.2) is 4.79 Å². The summed E-state index contributed by atoms with van der Waals surface area (Å²) in [4.78, 5) is 37.9. The molecule has 0 unspecified atom stereocenters. The fourth-order valence-corrected chi connectivity index (χ4v) is 1.80. The van der Waals surface area contributed by atoms with E-state index in [1.165, 1.54) is 0 Å². The van der Waals surface area contributed by atoms with E-state index in [9.17, 15) is 14.4 Å². The summed E-state index contributed by atoms with van der Waals surface area (Å²) in [6, 6.07) is 5.22. The average Bonchev–Trinajstić information content (AvgIpc) is 2.35. The molecule has 5 heteroatoms. The number of ketones is 1. The number of hydrogen-bond donors (Lipinski definition) is 1. The van der Waals surface area contributed by atoms with Crippen molar-refractivity contribution in [3.05, 3.63) is 44.6 Å². The van der Waals surface area contributed by atoms with Crippen molar-refractivity contribution in [1.82, 2.24) is 9.55 Å². The molecule has 1 heterocycles. The summed E-state index contributed by atoms with van der Waals surface area (Å²) in [7, 11) is 0. The Morgan fingerprint density at radius 1 is 1.33 bits per heavy atom. The number of aromatic nitrogens is 2. The maximum atomic E-state index is 12.1. The van der Waals surface area contributed by atoms with E-state index < -0.39 is 11.2 Å². The molecule has 0 aliphatic carbocycles. The molecule has 0 atom stereocenters. The molecule has 2 aromatic rings. The van der Waals surface area contributed by atoms with Gasteiger partial charge >= 0.3 is 5.69 Å². The largest absolute Gasteiger partial charge is 0.329 e. The second-order valence-electron chi connectivity index (χ2n) is 4.26. The van der Waals surface area contributed by atoms with Gasteiger partial charge in [-0.3, -0.25) is 14.2 Å². The molecule has 18 heavy (non-hydrogen) atoms. The monoisotopic (exact) mass is 246 g/mol. The van der Waals surface area contributed by atoms with Crippen LogP contribution in [0.25, 0.3) is 10.9 Å². The number of rotatable bonds is 3. The maximum absolute atomic E-state index is 12.1. The summed E-state index contributed by atoms with van der Waals surface area (Å²) in [5, 5.41) is 0.429. The van der Waals surface area contributed by atoms with Gasteiger partial charge in [0, 0.05) is 6.42 Å². The van der Waals surface area contributed by atoms with Gasteiger partial charge in [0.05, 0.1) is 17.4 Å². The summed E-state index contributed by atoms with van der Waals surface area (Å²) in [6.07, 6.45) is 0.303. The number of carbonyl (C=O) groups excluding carboxylic acids is 1. The number of H-pyrrole nitrogens is 1. The number of nitrogens with zero attached hydrogens (tertiary/aromatic N) is 1. The van der Waals surface area contributed by atoms with Crippen LogP contribution in [0.1, 0.15) is 18.9 Å². The van der Waals surface area contributed by atoms with Gasteiger partial charge in [0.2, 0.25) is 0 Å². The lowest BCUT2D eigenvalue weighted by Gasteiger charge is -2.05. The Balaban J connectivity index is 2.71. The Morgan fingerprint density at radius 2 is 2.06 bits per heavy atom. The average molecular weight is 246 g/mol. The molecule has 0 aliphatic rings. The van der Waals surface area contributed by atoms with Crippen molar-refractivity contribution in [2.24, 2.45) is 0 Å². The van der Waals surface area contributed by atoms with Gasteiger partial charge in [-0.05, 0) is 19.1 Å². The summed E-state index contributed by atoms with van der Waals surface area (Å²) in [6.45, 7) is 3.40. The highest BCUT2D eigenvalue weighted by molar-refractivity contribution is 5.80. The molecule has 1 N–H and O–H groups in total. The first-order chi connectivity index (χ1) is 8.52. The Hall–Kier alpha value is -2.17. The van der Waals surface area contributed by atoms with E-state index in [0.717, 1.165) is 10.1 Å². The third kappa shape index (κ3) is 2.11. The van der Waals surface area contributed by atoms with Crippen molar-refractivity contribution in [2.45, 2.75) is 26.8 Å². The lowest BCUT2D eigenvalue weighted by atomic mass is 10.2. The zero-order valence-corrected chi connectivity index (χ0v) is 10.3. The Labute approximate surface area is 103 Å². The van der Waals surface area contributed by atoms with Gasteiger partial charge < -0.3 is 4.98 Å². The molecule has 0 radical (unpaired) electrons. The highest BCUT2D eigenvalue weighted by Gasteiger charge is 2.10. The van der Waals surface area contributed by atoms with Crippen LogP contribution in [0, 0.1) is 6.92 Å². The third-order valence-corrected chi connectivity index (χ3v) is 2.87. The van der Waals surface area contributed by atoms with Crippen molar-refractivity contribution in [2.75, 3.05) is 0 Å². The van der Waals surface area contributed by atoms with Crippen LogP contribution in [0.5, 0.6) is 0 Å². The van der Waals surface area contributed by atoms with Crippen molar-refractivity contribution < 1.29 is 4.79 Å². The van der Waals surface area contributed by atoms with Crippen molar-refractivity contribution in [3.63, 3.8) is 0 Å². The molecular weight excluding hydrogens is 232 g/mol. The zero-order valence-electron chi connectivity index (χ0n) is 10.3. The summed E-state index contributed by atoms with van der Waals surface area (Å²) < 4.78 is 0.952. The van der Waals surface area contributed by atoms with Crippen LogP contribution >= 0.6 is 0 Å². The quantitative estimate of drug-likeness (QED) is 0.877. The van der Waals surface area contributed by atoms with Crippen LogP contribution in [0.15, 0.2) is 27.8 Å². The minimum absolute atomic E-state index is 0.144. The molecule has 0 saturated carbocycles. The van der Waals surface area contributed by atoms with Gasteiger partial charge in [0.25, 0.3) is 5.56 Å². The molecule has 0 spiro atoms. The minimum atomic E-state index is -0.543. The van der Waals surface area contributed by atoms with Gasteiger partial charge in [-0.15, -0.1) is 0 Å². The highest BCUT2D eigenvalue weighted by Crippen LogP contribution is 2.07. The van der Waals surface area contributed by atoms with Crippen LogP contribution in [0.2, 0.25) is 0 Å². The van der Waals surface area contributed by atoms with E-state index in [2.05, 4.69) is 4.98 Å². The molecule has 1 aromatic carbocycles. The molecule has 0 fully saturated rings. The van der Waals surface area contributed by atoms with Gasteiger partial charge in [-0.2, -0.15) is 0 Å². The zero-order chi connectivity index (χ0) is 13.3. The van der Waals surface area contributed by atoms with Crippen molar-refractivity contribution in [3.8, 4) is 0 Å². The van der Waals surface area contributed by atoms with Crippen LogP contribution in [0.4, 0.5) is 0 Å². The van der Waals surface area contributed by atoms with Crippen LogP contribution in [-0.4, -0.2) is 15.3 Å². The van der Waals surface area contributed by atoms with Gasteiger partial charge in [-0.1, -0.05) is 18.6 Å². The van der Waals surface area contributed by atoms with E-state index in [1.807, 2.05) is 13.0 Å². The fraction of sp³-hybridized carbons (Fsp3) is 0.308. The summed E-state index contributed by atoms with van der Waals surface area (Å²) in [5.41, 5.74) is 0.466. The number of Topliss-reactive ketones (excluding diaryl/α,β-unsaturated/α-hetero) is 1. The number of aromatic amines is 1. The molecule has 0 aliphatic heterocycles. The maximum Gasteiger partial charge on any atom is 0.329 e. The first-order valence-electron chi connectivity index (χ1n) is 5.78. The minimum Gasteiger partial charge on any atom is -0.307 e. The van der Waals surface area contributed by atoms with E-state index >= 15 is 0 Å². The van der Waals surface area contributed by atoms with Crippen molar-refractivity contribution in [1.29, 1.82) is 0 Å². The number of nitrogens with one attached hydrogen (secondary N) is 1. The summed E-state index contributed by atoms with van der Waals surface area (Å²) >= 11 is 0. The van der Waals surface area contributed by atoms with E-state index in [1.54, 1.807) is 19.1 Å². The van der Waals surface area contributed by atoms with Gasteiger partial charge in [0.1, 0.15) is 0 Å². The van der Waals surface area contributed by atoms with E-state index in [4.69, 9.17) is 0 Å². The lowest BCUT2D eigenvalue weighted by Crippen LogP contribution is -2.37. The third-order valence-electron chi connectivity index (χ3n) is 2.87. The first-order valence-corrected chi connectivity index (χ1v) is 5.78. The lowest BCUT2D eigenvalue weighted by molar-refractivity contribution is -0.119. The smallest absolute Gasteiger partial charge is 0.307 e. The normalized spacial score (nSPS) is 10.8. The number of fused-ring (bicyclic) bond motifs is 1. The first kappa shape index (κ1) is 12.3. The topological polar surface area (TPSA) is 71.9 Å². The second kappa shape index (κ2) is 4.60. The number of carbonyl (C=O) groups is 1. The van der Waals surface area contributed by atoms with Crippen LogP contribution in [0.3, 0.4) is 0 Å². The van der Waals surface area contributed by atoms with E-state index in [0.29, 0.717) is 17.3 Å². The molecule has 1 aromatic heterocycles. The number of hydrogen-bond acceptors (Lipinski definition) is 3. The summed E-state index contributed by atoms with van der Waals surface area (Å²) in [5.74, 6) is -0.144. The standard InChI is InChI=1S/C13H14N2O3/c1-3-9(16)7-15-12(17)10-6-8(2)4-5-11(10)14-13(15)18/h4-6H,3,7H2,1-2H3,(H,14,18). The molecule has 94 valence electrons. The second-order valence-corrected chi connectivity index (χ2v) is 4.26. The Kier molecular flexibility index (Phi) is 3.14. The van der Waals surface area contributed by atoms with E-state index in [-0.39, 0.29) is 12.3 Å². The molecule has 0 saturated heterocycles. The predicted molar refractivity (Wildman–Crippen MR) is 68.9 cm³/mol. The van der Waals surface area contributed by atoms with Crippen LogP contribution in [-0.2, 0) is 11.3 Å². The molecule has 0 amide bonds. The Morgan fingerprint density at radius 3 is 2.72 bits per heavy atom. The number of aryl methyl sites for hydroxylation is 1. The molecular formula is C13H14N2O3. The van der Waals surface area contributed by atoms with Gasteiger partial charge in [0.15, 0.2) is 5.78 Å². The molecule has 0 bridgehead atoms. The highest BCUT2D eigenvalue weighted by atomic mass is 16.2. The predicted octanol–water partition coefficient (Wildman–Crippen LogP) is 0.977. The number of benzene rings is 1.